The topological polar surface area (TPSA) is 56.2 Å². The van der Waals surface area contributed by atoms with Gasteiger partial charge >= 0.3 is 12.3 Å². The van der Waals surface area contributed by atoms with E-state index in [9.17, 15) is 18.0 Å². The van der Waals surface area contributed by atoms with Gasteiger partial charge in [-0.3, -0.25) is 10.00 Å². The first-order valence-electron chi connectivity index (χ1n) is 6.16. The number of rotatable bonds is 3. The van der Waals surface area contributed by atoms with Crippen molar-refractivity contribution in [1.29, 1.82) is 0 Å². The summed E-state index contributed by atoms with van der Waals surface area (Å²) in [6.45, 7) is -0.673. The molecule has 0 spiro atoms. The maximum absolute atomic E-state index is 12.9. The van der Waals surface area contributed by atoms with E-state index in [1.165, 1.54) is 13.1 Å². The second-order valence-corrected chi connectivity index (χ2v) is 5.25. The number of nitrogens with zero attached hydrogens (tertiary/aromatic N) is 2. The van der Waals surface area contributed by atoms with Gasteiger partial charge in [-0.05, 0) is 18.2 Å². The normalized spacial score (nSPS) is 11.4. The highest BCUT2D eigenvalue weighted by Crippen LogP contribution is 2.34. The van der Waals surface area contributed by atoms with E-state index in [4.69, 9.17) is 27.9 Å². The predicted molar refractivity (Wildman–Crippen MR) is 78.5 cm³/mol. The Morgan fingerprint density at radius 1 is 1.39 bits per heavy atom. The number of carbonyl (C=O) groups excluding carboxylic acids is 1. The number of ether oxygens (including phenoxy) is 1. The number of aryl methyl sites for hydroxylation is 1. The van der Waals surface area contributed by atoms with Crippen LogP contribution in [0.1, 0.15) is 11.3 Å². The monoisotopic (exact) mass is 367 g/mol. The average molecular weight is 368 g/mol. The van der Waals surface area contributed by atoms with Crippen LogP contribution in [0.15, 0.2) is 24.3 Å². The highest BCUT2D eigenvalue weighted by atomic mass is 35.5. The average Bonchev–Trinajstić information content (AvgIpc) is 2.72. The second kappa shape index (κ2) is 6.67. The molecule has 1 N–H and O–H groups in total. The van der Waals surface area contributed by atoms with Gasteiger partial charge in [0.25, 0.3) is 0 Å². The van der Waals surface area contributed by atoms with Gasteiger partial charge in [-0.15, -0.1) is 0 Å². The number of carbonyl (C=O) groups is 1. The molecule has 0 atom stereocenters. The summed E-state index contributed by atoms with van der Waals surface area (Å²) in [6, 6.07) is 6.20. The van der Waals surface area contributed by atoms with E-state index in [-0.39, 0.29) is 5.15 Å². The molecule has 0 fully saturated rings. The van der Waals surface area contributed by atoms with E-state index in [2.05, 4.69) is 10.4 Å². The van der Waals surface area contributed by atoms with Gasteiger partial charge in [-0.2, -0.15) is 18.3 Å². The zero-order valence-electron chi connectivity index (χ0n) is 11.6. The molecule has 0 aliphatic carbocycles. The SMILES string of the molecule is Cn1nc(C(F)(F)F)c(COC(=O)Nc2cccc(Cl)c2)c1Cl. The molecule has 0 unspecified atom stereocenters. The first kappa shape index (κ1) is 17.4. The van der Waals surface area contributed by atoms with Crippen molar-refractivity contribution in [1.82, 2.24) is 9.78 Å². The molecule has 0 saturated heterocycles. The molecule has 2 rings (SSSR count). The molecule has 0 radical (unpaired) electrons. The summed E-state index contributed by atoms with van der Waals surface area (Å²) < 4.78 is 44.2. The summed E-state index contributed by atoms with van der Waals surface area (Å²) in [5.41, 5.74) is -1.26. The summed E-state index contributed by atoms with van der Waals surface area (Å²) in [4.78, 5) is 11.6. The van der Waals surface area contributed by atoms with Gasteiger partial charge in [0.1, 0.15) is 11.8 Å². The van der Waals surface area contributed by atoms with Crippen molar-refractivity contribution < 1.29 is 22.7 Å². The van der Waals surface area contributed by atoms with E-state index in [1.807, 2.05) is 0 Å². The van der Waals surface area contributed by atoms with E-state index in [0.29, 0.717) is 10.7 Å². The van der Waals surface area contributed by atoms with Gasteiger partial charge in [0.05, 0.1) is 5.56 Å². The van der Waals surface area contributed by atoms with E-state index in [1.54, 1.807) is 18.2 Å². The highest BCUT2D eigenvalue weighted by molar-refractivity contribution is 6.31. The third kappa shape index (κ3) is 4.29. The third-order valence-electron chi connectivity index (χ3n) is 2.76. The van der Waals surface area contributed by atoms with Crippen molar-refractivity contribution in [2.24, 2.45) is 7.05 Å². The molecule has 23 heavy (non-hydrogen) atoms. The van der Waals surface area contributed by atoms with Crippen LogP contribution in [0.5, 0.6) is 0 Å². The zero-order chi connectivity index (χ0) is 17.2. The summed E-state index contributed by atoms with van der Waals surface area (Å²) in [5.74, 6) is 0. The Morgan fingerprint density at radius 3 is 2.70 bits per heavy atom. The Kier molecular flexibility index (Phi) is 5.06. The highest BCUT2D eigenvalue weighted by Gasteiger charge is 2.39. The Morgan fingerprint density at radius 2 is 2.09 bits per heavy atom. The molecule has 0 saturated carbocycles. The van der Waals surface area contributed by atoms with Crippen LogP contribution in [0.3, 0.4) is 0 Å². The molecule has 1 aromatic heterocycles. The van der Waals surface area contributed by atoms with Crippen LogP contribution in [0, 0.1) is 0 Å². The fourth-order valence-corrected chi connectivity index (χ4v) is 2.13. The number of nitrogens with one attached hydrogen (secondary N) is 1. The minimum Gasteiger partial charge on any atom is -0.444 e. The zero-order valence-corrected chi connectivity index (χ0v) is 13.1. The van der Waals surface area contributed by atoms with E-state index < -0.39 is 30.1 Å². The largest absolute Gasteiger partial charge is 0.444 e. The Hall–Kier alpha value is -1.93. The smallest absolute Gasteiger partial charge is 0.435 e. The Bertz CT molecular complexity index is 732. The molecule has 2 aromatic rings. The number of anilines is 1. The molecule has 10 heteroatoms. The maximum Gasteiger partial charge on any atom is 0.435 e. The Labute approximate surface area is 138 Å². The van der Waals surface area contributed by atoms with Gasteiger partial charge in [-0.25, -0.2) is 4.79 Å². The van der Waals surface area contributed by atoms with Crippen LogP contribution in [-0.4, -0.2) is 15.9 Å². The van der Waals surface area contributed by atoms with Crippen molar-refractivity contribution >= 4 is 35.0 Å². The summed E-state index contributed by atoms with van der Waals surface area (Å²) in [7, 11) is 1.26. The van der Waals surface area contributed by atoms with Crippen LogP contribution < -0.4 is 5.32 Å². The van der Waals surface area contributed by atoms with Gasteiger partial charge < -0.3 is 4.74 Å². The van der Waals surface area contributed by atoms with Gasteiger partial charge in [0.2, 0.25) is 0 Å². The fraction of sp³-hybridized carbons (Fsp3) is 0.231. The summed E-state index contributed by atoms with van der Waals surface area (Å²) in [6.07, 6.45) is -5.65. The molecule has 5 nitrogen and oxygen atoms in total. The number of halogens is 5. The van der Waals surface area contributed by atoms with Crippen molar-refractivity contribution in [2.75, 3.05) is 5.32 Å². The molecule has 1 amide bonds. The van der Waals surface area contributed by atoms with Crippen LogP contribution in [0.2, 0.25) is 10.2 Å². The lowest BCUT2D eigenvalue weighted by molar-refractivity contribution is -0.142. The summed E-state index contributed by atoms with van der Waals surface area (Å²) >= 11 is 11.5. The summed E-state index contributed by atoms with van der Waals surface area (Å²) in [5, 5.41) is 5.76. The van der Waals surface area contributed by atoms with Gasteiger partial charge in [0.15, 0.2) is 5.69 Å². The first-order chi connectivity index (χ1) is 10.7. The Balaban J connectivity index is 2.07. The predicted octanol–water partition coefficient (Wildman–Crippen LogP) is 4.49. The minimum absolute atomic E-state index is 0.257. The van der Waals surface area contributed by atoms with Crippen LogP contribution in [-0.2, 0) is 24.6 Å². The van der Waals surface area contributed by atoms with E-state index in [0.717, 1.165) is 4.68 Å². The molecule has 1 heterocycles. The molecule has 124 valence electrons. The van der Waals surface area contributed by atoms with Crippen molar-refractivity contribution in [3.63, 3.8) is 0 Å². The number of hydrogen-bond donors (Lipinski definition) is 1. The van der Waals surface area contributed by atoms with Crippen molar-refractivity contribution in [3.8, 4) is 0 Å². The van der Waals surface area contributed by atoms with E-state index >= 15 is 0 Å². The fourth-order valence-electron chi connectivity index (χ4n) is 1.76. The molecular formula is C13H10Cl2F3N3O2. The standard InChI is InChI=1S/C13H10Cl2F3N3O2/c1-21-11(15)9(10(20-21)13(16,17)18)6-23-12(22)19-8-4-2-3-7(14)5-8/h2-5H,6H2,1H3,(H,19,22). The number of alkyl halides is 3. The lowest BCUT2D eigenvalue weighted by atomic mass is 10.2. The second-order valence-electron chi connectivity index (χ2n) is 4.45. The minimum atomic E-state index is -4.70. The lowest BCUT2D eigenvalue weighted by Crippen LogP contribution is -2.15. The molecular weight excluding hydrogens is 358 g/mol. The molecule has 0 aliphatic rings. The quantitative estimate of drug-likeness (QED) is 0.868. The van der Waals surface area contributed by atoms with Crippen LogP contribution >= 0.6 is 23.2 Å². The number of aromatic nitrogens is 2. The van der Waals surface area contributed by atoms with Gasteiger partial charge in [0, 0.05) is 17.8 Å². The maximum atomic E-state index is 12.9. The van der Waals surface area contributed by atoms with Crippen molar-refractivity contribution in [3.05, 3.63) is 45.7 Å². The molecule has 0 bridgehead atoms. The van der Waals surface area contributed by atoms with Crippen LogP contribution in [0.4, 0.5) is 23.7 Å². The third-order valence-corrected chi connectivity index (χ3v) is 3.46. The molecule has 1 aromatic carbocycles. The first-order valence-corrected chi connectivity index (χ1v) is 6.92. The van der Waals surface area contributed by atoms with Crippen LogP contribution in [0.25, 0.3) is 0 Å². The number of benzene rings is 1. The lowest BCUT2D eigenvalue weighted by Gasteiger charge is -2.09. The van der Waals surface area contributed by atoms with Crippen molar-refractivity contribution in [2.45, 2.75) is 12.8 Å². The van der Waals surface area contributed by atoms with Gasteiger partial charge in [-0.1, -0.05) is 29.3 Å². The number of hydrogen-bond acceptors (Lipinski definition) is 3. The number of amides is 1. The molecule has 0 aliphatic heterocycles.